The van der Waals surface area contributed by atoms with Crippen molar-refractivity contribution in [3.8, 4) is 0 Å². The third kappa shape index (κ3) is 6.49. The van der Waals surface area contributed by atoms with Gasteiger partial charge in [0.2, 0.25) is 0 Å². The summed E-state index contributed by atoms with van der Waals surface area (Å²) in [6, 6.07) is 2.02. The van der Waals surface area contributed by atoms with Gasteiger partial charge < -0.3 is 19.9 Å². The highest BCUT2D eigenvalue weighted by Crippen LogP contribution is 2.21. The summed E-state index contributed by atoms with van der Waals surface area (Å²) < 4.78 is 11.2. The Hall–Kier alpha value is 0.0200. The standard InChI is InChI=1S/C11H18BrNO3S/c1-15-3-4-16-8-9(14)6-13-7-11-10(12)2-5-17-11/h2,5,9,13-14H,3-4,6-8H2,1H3. The normalized spacial score (nSPS) is 12.9. The maximum atomic E-state index is 9.61. The third-order valence-electron chi connectivity index (χ3n) is 2.10. The summed E-state index contributed by atoms with van der Waals surface area (Å²) in [5.41, 5.74) is 0. The average Bonchev–Trinajstić information content (AvgIpc) is 2.71. The molecule has 0 bridgehead atoms. The number of aliphatic hydroxyl groups excluding tert-OH is 1. The fraction of sp³-hybridized carbons (Fsp3) is 0.636. The van der Waals surface area contributed by atoms with Crippen molar-refractivity contribution in [2.24, 2.45) is 0 Å². The van der Waals surface area contributed by atoms with Crippen LogP contribution < -0.4 is 5.32 Å². The molecule has 0 aliphatic carbocycles. The fourth-order valence-corrected chi connectivity index (χ4v) is 2.69. The molecule has 0 aliphatic rings. The number of aliphatic hydroxyl groups is 1. The SMILES string of the molecule is COCCOCC(O)CNCc1sccc1Br. The quantitative estimate of drug-likeness (QED) is 0.678. The van der Waals surface area contributed by atoms with Gasteiger partial charge in [0.15, 0.2) is 0 Å². The van der Waals surface area contributed by atoms with Crippen LogP contribution in [0, 0.1) is 0 Å². The summed E-state index contributed by atoms with van der Waals surface area (Å²) >= 11 is 5.15. The first kappa shape index (κ1) is 15.1. The Morgan fingerprint density at radius 3 is 3.00 bits per heavy atom. The van der Waals surface area contributed by atoms with Gasteiger partial charge in [-0.15, -0.1) is 11.3 Å². The largest absolute Gasteiger partial charge is 0.389 e. The highest BCUT2D eigenvalue weighted by Gasteiger charge is 2.05. The molecule has 0 saturated heterocycles. The van der Waals surface area contributed by atoms with E-state index in [0.717, 1.165) is 11.0 Å². The van der Waals surface area contributed by atoms with Crippen LogP contribution in [0.3, 0.4) is 0 Å². The second-order valence-corrected chi connectivity index (χ2v) is 5.40. The number of hydrogen-bond acceptors (Lipinski definition) is 5. The molecule has 1 rings (SSSR count). The molecule has 1 aromatic heterocycles. The lowest BCUT2D eigenvalue weighted by molar-refractivity contribution is 0.0137. The maximum absolute atomic E-state index is 9.61. The van der Waals surface area contributed by atoms with Crippen molar-refractivity contribution in [3.05, 3.63) is 20.8 Å². The molecule has 2 N–H and O–H groups in total. The van der Waals surface area contributed by atoms with Gasteiger partial charge in [-0.3, -0.25) is 0 Å². The molecule has 0 saturated carbocycles. The topological polar surface area (TPSA) is 50.7 Å². The molecule has 0 amide bonds. The van der Waals surface area contributed by atoms with E-state index in [1.807, 2.05) is 11.4 Å². The van der Waals surface area contributed by atoms with Crippen LogP contribution in [0.5, 0.6) is 0 Å². The van der Waals surface area contributed by atoms with E-state index >= 15 is 0 Å². The van der Waals surface area contributed by atoms with Crippen LogP contribution in [0.25, 0.3) is 0 Å². The van der Waals surface area contributed by atoms with E-state index in [0.29, 0.717) is 26.4 Å². The highest BCUT2D eigenvalue weighted by molar-refractivity contribution is 9.10. The lowest BCUT2D eigenvalue weighted by atomic mass is 10.3. The number of hydrogen-bond donors (Lipinski definition) is 2. The third-order valence-corrected chi connectivity index (χ3v) is 4.02. The van der Waals surface area contributed by atoms with Crippen LogP contribution in [0.1, 0.15) is 4.88 Å². The summed E-state index contributed by atoms with van der Waals surface area (Å²) in [6.45, 7) is 2.69. The van der Waals surface area contributed by atoms with E-state index < -0.39 is 6.10 Å². The lowest BCUT2D eigenvalue weighted by Gasteiger charge is -2.11. The van der Waals surface area contributed by atoms with Crippen molar-refractivity contribution in [1.29, 1.82) is 0 Å². The molecule has 1 unspecified atom stereocenters. The average molecular weight is 324 g/mol. The predicted molar refractivity (Wildman–Crippen MR) is 72.4 cm³/mol. The van der Waals surface area contributed by atoms with E-state index in [-0.39, 0.29) is 0 Å². The van der Waals surface area contributed by atoms with Gasteiger partial charge in [0.1, 0.15) is 0 Å². The Balaban J connectivity index is 2.04. The Bertz CT molecular complexity index is 309. The van der Waals surface area contributed by atoms with Gasteiger partial charge in [-0.05, 0) is 27.4 Å². The van der Waals surface area contributed by atoms with Gasteiger partial charge in [-0.25, -0.2) is 0 Å². The Morgan fingerprint density at radius 2 is 2.35 bits per heavy atom. The molecule has 4 nitrogen and oxygen atoms in total. The minimum Gasteiger partial charge on any atom is -0.389 e. The van der Waals surface area contributed by atoms with Crippen molar-refractivity contribution >= 4 is 27.3 Å². The second kappa shape index (κ2) is 9.02. The van der Waals surface area contributed by atoms with Crippen LogP contribution in [0.15, 0.2) is 15.9 Å². The Labute approximate surface area is 114 Å². The van der Waals surface area contributed by atoms with Gasteiger partial charge in [-0.2, -0.15) is 0 Å². The summed E-state index contributed by atoms with van der Waals surface area (Å²) in [6.07, 6.45) is -0.481. The number of halogens is 1. The van der Waals surface area contributed by atoms with E-state index in [1.54, 1.807) is 18.4 Å². The summed E-state index contributed by atoms with van der Waals surface area (Å²) in [7, 11) is 1.63. The van der Waals surface area contributed by atoms with Crippen molar-refractivity contribution in [3.63, 3.8) is 0 Å². The lowest BCUT2D eigenvalue weighted by Crippen LogP contribution is -2.30. The van der Waals surface area contributed by atoms with Gasteiger partial charge in [-0.1, -0.05) is 0 Å². The summed E-state index contributed by atoms with van der Waals surface area (Å²) in [4.78, 5) is 1.23. The Morgan fingerprint density at radius 1 is 1.53 bits per heavy atom. The van der Waals surface area contributed by atoms with Crippen molar-refractivity contribution in [2.45, 2.75) is 12.6 Å². The van der Waals surface area contributed by atoms with Crippen molar-refractivity contribution in [2.75, 3.05) is 33.5 Å². The first-order chi connectivity index (χ1) is 8.24. The monoisotopic (exact) mass is 323 g/mol. The highest BCUT2D eigenvalue weighted by atomic mass is 79.9. The molecular weight excluding hydrogens is 306 g/mol. The molecular formula is C11H18BrNO3S. The molecule has 0 radical (unpaired) electrons. The molecule has 0 aliphatic heterocycles. The van der Waals surface area contributed by atoms with Crippen molar-refractivity contribution < 1.29 is 14.6 Å². The molecule has 0 aromatic carbocycles. The van der Waals surface area contributed by atoms with Gasteiger partial charge in [0.05, 0.1) is 25.9 Å². The molecule has 0 fully saturated rings. The fourth-order valence-electron chi connectivity index (χ4n) is 1.22. The second-order valence-electron chi connectivity index (χ2n) is 3.54. The smallest absolute Gasteiger partial charge is 0.0897 e. The summed E-state index contributed by atoms with van der Waals surface area (Å²) in [5.74, 6) is 0. The number of ether oxygens (including phenoxy) is 2. The first-order valence-corrected chi connectivity index (χ1v) is 7.08. The van der Waals surface area contributed by atoms with Crippen LogP contribution in [0.2, 0.25) is 0 Å². The zero-order valence-corrected chi connectivity index (χ0v) is 12.2. The Kier molecular flexibility index (Phi) is 8.00. The van der Waals surface area contributed by atoms with Gasteiger partial charge in [0.25, 0.3) is 0 Å². The van der Waals surface area contributed by atoms with Crippen LogP contribution in [0.4, 0.5) is 0 Å². The van der Waals surface area contributed by atoms with Gasteiger partial charge >= 0.3 is 0 Å². The van der Waals surface area contributed by atoms with Crippen molar-refractivity contribution in [1.82, 2.24) is 5.32 Å². The minimum absolute atomic E-state index is 0.335. The molecule has 1 heterocycles. The first-order valence-electron chi connectivity index (χ1n) is 5.41. The predicted octanol–water partition coefficient (Wildman–Crippen LogP) is 1.62. The molecule has 98 valence electrons. The minimum atomic E-state index is -0.481. The van der Waals surface area contributed by atoms with Gasteiger partial charge in [0, 0.05) is 29.5 Å². The number of methoxy groups -OCH3 is 1. The van der Waals surface area contributed by atoms with E-state index in [4.69, 9.17) is 9.47 Å². The molecule has 1 atom stereocenters. The van der Waals surface area contributed by atoms with Crippen LogP contribution in [-0.2, 0) is 16.0 Å². The molecule has 1 aromatic rings. The van der Waals surface area contributed by atoms with E-state index in [1.165, 1.54) is 4.88 Å². The van der Waals surface area contributed by atoms with Crippen LogP contribution in [-0.4, -0.2) is 44.7 Å². The molecule has 6 heteroatoms. The van der Waals surface area contributed by atoms with Crippen LogP contribution >= 0.6 is 27.3 Å². The van der Waals surface area contributed by atoms with E-state index in [2.05, 4.69) is 21.2 Å². The number of rotatable bonds is 9. The number of nitrogens with one attached hydrogen (secondary N) is 1. The van der Waals surface area contributed by atoms with E-state index in [9.17, 15) is 5.11 Å². The zero-order valence-electron chi connectivity index (χ0n) is 9.82. The molecule has 17 heavy (non-hydrogen) atoms. The maximum Gasteiger partial charge on any atom is 0.0897 e. The number of thiophene rings is 1. The zero-order chi connectivity index (χ0) is 12.5. The molecule has 0 spiro atoms. The summed E-state index contributed by atoms with van der Waals surface area (Å²) in [5, 5.41) is 14.8.